The lowest BCUT2D eigenvalue weighted by atomic mass is 9.88. The van der Waals surface area contributed by atoms with Crippen molar-refractivity contribution >= 4 is 11.6 Å². The van der Waals surface area contributed by atoms with Crippen LogP contribution in [0.2, 0.25) is 5.02 Å². The Morgan fingerprint density at radius 3 is 2.59 bits per heavy atom. The fraction of sp³-hybridized carbons (Fsp3) is 0.357. The molecule has 1 fully saturated rings. The van der Waals surface area contributed by atoms with E-state index in [-0.39, 0.29) is 23.0 Å². The van der Waals surface area contributed by atoms with Crippen molar-refractivity contribution in [2.75, 3.05) is 13.1 Å². The van der Waals surface area contributed by atoms with E-state index in [4.69, 9.17) is 21.1 Å². The van der Waals surface area contributed by atoms with Crippen molar-refractivity contribution in [3.05, 3.63) is 81.8 Å². The number of aromatic nitrogens is 5. The summed E-state index contributed by atoms with van der Waals surface area (Å²) in [4.78, 5) is 14.6. The third-order valence-electron chi connectivity index (χ3n) is 7.46. The standard InChI is InChI=1S/C28H25ClF4N6O2/c1-15-22(34-13-21(35-15)25-36-26(38-37-25)28(31,32)33)14-39-10-8-16(9-11-39)18-4-3-5-23-24(18)41-27(2,40-23)19-7-6-17(29)12-20(19)30/h3-7,12-13,16H,8-11,14H2,1-2H3,(H,36,37,38)/t27-/m1/s1. The molecule has 2 aliphatic heterocycles. The zero-order chi connectivity index (χ0) is 28.9. The van der Waals surface area contributed by atoms with Gasteiger partial charge in [0.2, 0.25) is 11.6 Å². The highest BCUT2D eigenvalue weighted by atomic mass is 35.5. The molecule has 1 N–H and O–H groups in total. The van der Waals surface area contributed by atoms with Crippen LogP contribution >= 0.6 is 11.6 Å². The van der Waals surface area contributed by atoms with Gasteiger partial charge in [0.05, 0.1) is 23.1 Å². The van der Waals surface area contributed by atoms with Crippen molar-refractivity contribution in [1.29, 1.82) is 0 Å². The molecular weight excluding hydrogens is 564 g/mol. The molecule has 2 aliphatic rings. The van der Waals surface area contributed by atoms with E-state index >= 15 is 0 Å². The SMILES string of the molecule is Cc1nc(-c2n[nH]c(C(F)(F)F)n2)cnc1CN1CCC(c2cccc3c2O[C@](C)(c2ccc(Cl)cc2F)O3)CC1. The van der Waals surface area contributed by atoms with E-state index in [1.54, 1.807) is 26.0 Å². The molecule has 4 heterocycles. The maximum atomic E-state index is 14.7. The van der Waals surface area contributed by atoms with E-state index in [9.17, 15) is 17.6 Å². The number of halogens is 5. The number of alkyl halides is 3. The minimum absolute atomic E-state index is 0.156. The van der Waals surface area contributed by atoms with Crippen LogP contribution in [0, 0.1) is 12.7 Å². The van der Waals surface area contributed by atoms with Crippen LogP contribution in [0.4, 0.5) is 17.6 Å². The average Bonchev–Trinajstić information content (AvgIpc) is 3.55. The Morgan fingerprint density at radius 2 is 1.90 bits per heavy atom. The van der Waals surface area contributed by atoms with Crippen molar-refractivity contribution in [3.63, 3.8) is 0 Å². The van der Waals surface area contributed by atoms with Crippen LogP contribution in [0.1, 0.15) is 54.0 Å². The van der Waals surface area contributed by atoms with Gasteiger partial charge in [-0.25, -0.2) is 14.4 Å². The molecule has 214 valence electrons. The van der Waals surface area contributed by atoms with Crippen LogP contribution in [-0.4, -0.2) is 43.1 Å². The predicted octanol–water partition coefficient (Wildman–Crippen LogP) is 6.41. The van der Waals surface area contributed by atoms with E-state index in [1.807, 2.05) is 23.3 Å². The molecule has 8 nitrogen and oxygen atoms in total. The molecule has 0 radical (unpaired) electrons. The second-order valence-corrected chi connectivity index (χ2v) is 10.7. The quantitative estimate of drug-likeness (QED) is 0.270. The summed E-state index contributed by atoms with van der Waals surface area (Å²) in [7, 11) is 0. The summed E-state index contributed by atoms with van der Waals surface area (Å²) in [5, 5.41) is 5.81. The summed E-state index contributed by atoms with van der Waals surface area (Å²) < 4.78 is 65.6. The highest BCUT2D eigenvalue weighted by molar-refractivity contribution is 6.30. The molecule has 0 bridgehead atoms. The Morgan fingerprint density at radius 1 is 1.12 bits per heavy atom. The van der Waals surface area contributed by atoms with Gasteiger partial charge >= 0.3 is 6.18 Å². The van der Waals surface area contributed by atoms with Gasteiger partial charge in [-0.05, 0) is 63.0 Å². The highest BCUT2D eigenvalue weighted by Gasteiger charge is 2.43. The van der Waals surface area contributed by atoms with E-state index in [0.717, 1.165) is 37.2 Å². The van der Waals surface area contributed by atoms with Gasteiger partial charge in [0, 0.05) is 24.1 Å². The number of hydrogen-bond acceptors (Lipinski definition) is 7. The Balaban J connectivity index is 1.12. The van der Waals surface area contributed by atoms with Crippen LogP contribution < -0.4 is 9.47 Å². The normalized spacial score (nSPS) is 19.6. The Kier molecular flexibility index (Phi) is 6.85. The molecule has 0 amide bonds. The number of benzene rings is 2. The summed E-state index contributed by atoms with van der Waals surface area (Å²) >= 11 is 5.93. The molecule has 41 heavy (non-hydrogen) atoms. The molecule has 1 saturated heterocycles. The number of rotatable bonds is 5. The van der Waals surface area contributed by atoms with Crippen molar-refractivity contribution in [3.8, 4) is 23.0 Å². The molecule has 0 aliphatic carbocycles. The summed E-state index contributed by atoms with van der Waals surface area (Å²) in [5.41, 5.74) is 2.79. The molecule has 0 spiro atoms. The maximum absolute atomic E-state index is 14.7. The number of nitrogens with zero attached hydrogens (tertiary/aromatic N) is 5. The third kappa shape index (κ3) is 5.33. The van der Waals surface area contributed by atoms with Crippen molar-refractivity contribution < 1.29 is 27.0 Å². The largest absolute Gasteiger partial charge is 0.451 e. The fourth-order valence-corrected chi connectivity index (χ4v) is 5.48. The van der Waals surface area contributed by atoms with Gasteiger partial charge in [0.15, 0.2) is 11.5 Å². The Labute approximate surface area is 237 Å². The Hall–Kier alpha value is -3.77. The third-order valence-corrected chi connectivity index (χ3v) is 7.70. The summed E-state index contributed by atoms with van der Waals surface area (Å²) in [6.45, 7) is 5.58. The molecule has 13 heteroatoms. The average molecular weight is 589 g/mol. The van der Waals surface area contributed by atoms with Gasteiger partial charge in [-0.2, -0.15) is 18.3 Å². The zero-order valence-corrected chi connectivity index (χ0v) is 22.9. The lowest BCUT2D eigenvalue weighted by Crippen LogP contribution is -2.34. The van der Waals surface area contributed by atoms with Crippen molar-refractivity contribution in [2.24, 2.45) is 0 Å². The second-order valence-electron chi connectivity index (χ2n) is 10.3. The second kappa shape index (κ2) is 10.3. The van der Waals surface area contributed by atoms with Crippen LogP contribution in [0.3, 0.4) is 0 Å². The first-order valence-corrected chi connectivity index (χ1v) is 13.4. The van der Waals surface area contributed by atoms with Gasteiger partial charge in [-0.3, -0.25) is 15.0 Å². The zero-order valence-electron chi connectivity index (χ0n) is 22.1. The van der Waals surface area contributed by atoms with Gasteiger partial charge in [-0.1, -0.05) is 23.7 Å². The molecular formula is C28H25ClF4N6O2. The molecule has 6 rings (SSSR count). The first-order valence-electron chi connectivity index (χ1n) is 13.0. The number of nitrogens with one attached hydrogen (secondary N) is 1. The lowest BCUT2D eigenvalue weighted by molar-refractivity contribution is -0.144. The number of fused-ring (bicyclic) bond motifs is 1. The number of aryl methyl sites for hydroxylation is 1. The molecule has 2 aromatic carbocycles. The van der Waals surface area contributed by atoms with E-state index in [0.29, 0.717) is 28.8 Å². The Bertz CT molecular complexity index is 1600. The highest BCUT2D eigenvalue weighted by Crippen LogP contribution is 2.49. The molecule has 4 aromatic rings. The van der Waals surface area contributed by atoms with Crippen LogP contribution in [0.15, 0.2) is 42.6 Å². The smallest absolute Gasteiger partial charge is 0.444 e. The van der Waals surface area contributed by atoms with E-state index in [2.05, 4.69) is 25.0 Å². The number of piperidine rings is 1. The van der Waals surface area contributed by atoms with Crippen molar-refractivity contribution in [1.82, 2.24) is 30.0 Å². The van der Waals surface area contributed by atoms with Crippen LogP contribution in [0.25, 0.3) is 11.5 Å². The summed E-state index contributed by atoms with van der Waals surface area (Å²) in [5.74, 6) is -1.73. The monoisotopic (exact) mass is 588 g/mol. The predicted molar refractivity (Wildman–Crippen MR) is 141 cm³/mol. The minimum atomic E-state index is -4.62. The lowest BCUT2D eigenvalue weighted by Gasteiger charge is -2.32. The first kappa shape index (κ1) is 27.4. The van der Waals surface area contributed by atoms with E-state index in [1.165, 1.54) is 12.3 Å². The van der Waals surface area contributed by atoms with Gasteiger partial charge < -0.3 is 9.47 Å². The van der Waals surface area contributed by atoms with Gasteiger partial charge in [0.25, 0.3) is 5.79 Å². The minimum Gasteiger partial charge on any atom is -0.444 e. The molecule has 2 aromatic heterocycles. The number of likely N-dealkylation sites (tertiary alicyclic amines) is 1. The van der Waals surface area contributed by atoms with Gasteiger partial charge in [-0.15, -0.1) is 0 Å². The first-order chi connectivity index (χ1) is 19.5. The van der Waals surface area contributed by atoms with Crippen LogP contribution in [-0.2, 0) is 18.5 Å². The fourth-order valence-electron chi connectivity index (χ4n) is 5.32. The summed E-state index contributed by atoms with van der Waals surface area (Å²) in [6, 6.07) is 10.2. The van der Waals surface area contributed by atoms with Crippen molar-refractivity contribution in [2.45, 2.75) is 51.1 Å². The number of ether oxygens (including phenoxy) is 2. The molecule has 0 saturated carbocycles. The van der Waals surface area contributed by atoms with Gasteiger partial charge in [0.1, 0.15) is 11.5 Å². The number of para-hydroxylation sites is 1. The number of hydrogen-bond donors (Lipinski definition) is 1. The van der Waals surface area contributed by atoms with Crippen LogP contribution in [0.5, 0.6) is 11.5 Å². The number of aromatic amines is 1. The van der Waals surface area contributed by atoms with E-state index < -0.39 is 23.6 Å². The molecule has 1 atom stereocenters. The molecule has 0 unspecified atom stereocenters. The maximum Gasteiger partial charge on any atom is 0.451 e. The summed E-state index contributed by atoms with van der Waals surface area (Å²) in [6.07, 6.45) is -1.52. The topological polar surface area (TPSA) is 89.0 Å². The number of H-pyrrole nitrogens is 1.